The summed E-state index contributed by atoms with van der Waals surface area (Å²) in [6, 6.07) is 0. The van der Waals surface area contributed by atoms with Gasteiger partial charge in [0.25, 0.3) is 0 Å². The predicted octanol–water partition coefficient (Wildman–Crippen LogP) is 0.614. The molecule has 62 valence electrons. The van der Waals surface area contributed by atoms with Crippen LogP contribution in [-0.2, 0) is 4.74 Å². The third-order valence-corrected chi connectivity index (χ3v) is 1.04. The van der Waals surface area contributed by atoms with Gasteiger partial charge in [-0.3, -0.25) is 0 Å². The molecule has 1 aromatic rings. The van der Waals surface area contributed by atoms with Crippen molar-refractivity contribution in [2.45, 2.75) is 0 Å². The van der Waals surface area contributed by atoms with Crippen LogP contribution in [0.4, 0.5) is 4.39 Å². The molecule has 1 heterocycles. The van der Waals surface area contributed by atoms with E-state index in [1.54, 1.807) is 7.11 Å². The number of hydrogen-bond donors (Lipinski definition) is 0. The van der Waals surface area contributed by atoms with E-state index in [2.05, 4.69) is 26.5 Å². The highest BCUT2D eigenvalue weighted by atomic mass is 19.1. The van der Waals surface area contributed by atoms with E-state index >= 15 is 0 Å². The monoisotopic (exact) mass is 166 g/mol. The van der Waals surface area contributed by atoms with E-state index in [4.69, 9.17) is 0 Å². The standard InChI is InChI=1S/C8H7FN2O/c1-12-4-2-3-8-10-5-7(9)6-11-8/h5-6H,4H2,1H3. The summed E-state index contributed by atoms with van der Waals surface area (Å²) in [6.07, 6.45) is 2.15. The van der Waals surface area contributed by atoms with Gasteiger partial charge < -0.3 is 4.74 Å². The Bertz CT molecular complexity index is 299. The van der Waals surface area contributed by atoms with Gasteiger partial charge in [0.1, 0.15) is 6.61 Å². The lowest BCUT2D eigenvalue weighted by atomic mass is 10.5. The van der Waals surface area contributed by atoms with Crippen molar-refractivity contribution < 1.29 is 9.13 Å². The molecule has 0 radical (unpaired) electrons. The van der Waals surface area contributed by atoms with Crippen molar-refractivity contribution in [1.29, 1.82) is 0 Å². The molecule has 4 heteroatoms. The Labute approximate surface area is 69.6 Å². The van der Waals surface area contributed by atoms with Crippen LogP contribution in [0.15, 0.2) is 12.4 Å². The Hall–Kier alpha value is -1.47. The van der Waals surface area contributed by atoms with Crippen LogP contribution in [0, 0.1) is 17.7 Å². The maximum absolute atomic E-state index is 12.3. The van der Waals surface area contributed by atoms with Crippen molar-refractivity contribution >= 4 is 0 Å². The first kappa shape index (κ1) is 8.62. The molecule has 1 aromatic heterocycles. The van der Waals surface area contributed by atoms with Gasteiger partial charge >= 0.3 is 0 Å². The largest absolute Gasteiger partial charge is 0.372 e. The fourth-order valence-electron chi connectivity index (χ4n) is 0.564. The van der Waals surface area contributed by atoms with E-state index in [9.17, 15) is 4.39 Å². The number of methoxy groups -OCH3 is 1. The lowest BCUT2D eigenvalue weighted by molar-refractivity contribution is 0.240. The van der Waals surface area contributed by atoms with Crippen LogP contribution in [0.3, 0.4) is 0 Å². The number of rotatable bonds is 1. The number of halogens is 1. The molecule has 1 rings (SSSR count). The Morgan fingerprint density at radius 1 is 1.50 bits per heavy atom. The van der Waals surface area contributed by atoms with E-state index < -0.39 is 5.82 Å². The molecule has 0 saturated heterocycles. The molecule has 0 N–H and O–H groups in total. The van der Waals surface area contributed by atoms with Gasteiger partial charge in [-0.25, -0.2) is 14.4 Å². The zero-order valence-corrected chi connectivity index (χ0v) is 6.54. The first-order chi connectivity index (χ1) is 5.83. The summed E-state index contributed by atoms with van der Waals surface area (Å²) in [7, 11) is 1.54. The van der Waals surface area contributed by atoms with Gasteiger partial charge in [0.05, 0.1) is 12.4 Å². The van der Waals surface area contributed by atoms with Crippen LogP contribution in [-0.4, -0.2) is 23.7 Å². The summed E-state index contributed by atoms with van der Waals surface area (Å²) in [4.78, 5) is 7.27. The van der Waals surface area contributed by atoms with Gasteiger partial charge in [0.2, 0.25) is 5.82 Å². The van der Waals surface area contributed by atoms with Crippen LogP contribution < -0.4 is 0 Å². The summed E-state index contributed by atoms with van der Waals surface area (Å²) in [5.74, 6) is 5.09. The van der Waals surface area contributed by atoms with Gasteiger partial charge in [-0.15, -0.1) is 0 Å². The summed E-state index contributed by atoms with van der Waals surface area (Å²) in [5.41, 5.74) is 0. The zero-order valence-electron chi connectivity index (χ0n) is 6.54. The first-order valence-electron chi connectivity index (χ1n) is 3.28. The van der Waals surface area contributed by atoms with E-state index in [1.807, 2.05) is 0 Å². The van der Waals surface area contributed by atoms with Crippen molar-refractivity contribution in [2.75, 3.05) is 13.7 Å². The average Bonchev–Trinajstić information content (AvgIpc) is 2.09. The molecule has 0 atom stereocenters. The Morgan fingerprint density at radius 2 is 2.17 bits per heavy atom. The maximum atomic E-state index is 12.3. The summed E-state index contributed by atoms with van der Waals surface area (Å²) < 4.78 is 17.0. The molecule has 0 bridgehead atoms. The fourth-order valence-corrected chi connectivity index (χ4v) is 0.564. The Kier molecular flexibility index (Phi) is 3.17. The third kappa shape index (κ3) is 2.64. The van der Waals surface area contributed by atoms with Crippen LogP contribution in [0.2, 0.25) is 0 Å². The number of aromatic nitrogens is 2. The van der Waals surface area contributed by atoms with Crippen molar-refractivity contribution in [3.05, 3.63) is 24.0 Å². The van der Waals surface area contributed by atoms with Crippen LogP contribution in [0.1, 0.15) is 5.82 Å². The highest BCUT2D eigenvalue weighted by Crippen LogP contribution is 1.90. The van der Waals surface area contributed by atoms with Gasteiger partial charge in [-0.2, -0.15) is 0 Å². The molecule has 0 unspecified atom stereocenters. The molecule has 12 heavy (non-hydrogen) atoms. The number of nitrogens with zero attached hydrogens (tertiary/aromatic N) is 2. The molecule has 0 fully saturated rings. The van der Waals surface area contributed by atoms with E-state index in [0.717, 1.165) is 12.4 Å². The lowest BCUT2D eigenvalue weighted by Crippen LogP contribution is -1.89. The molecule has 0 saturated carbocycles. The van der Waals surface area contributed by atoms with Crippen LogP contribution in [0.25, 0.3) is 0 Å². The molecule has 0 amide bonds. The molecule has 0 spiro atoms. The van der Waals surface area contributed by atoms with Crippen molar-refractivity contribution in [3.8, 4) is 11.8 Å². The average molecular weight is 166 g/mol. The summed E-state index contributed by atoms with van der Waals surface area (Å²) in [6.45, 7) is 0.320. The fraction of sp³-hybridized carbons (Fsp3) is 0.250. The van der Waals surface area contributed by atoms with Crippen LogP contribution in [0.5, 0.6) is 0 Å². The molecular formula is C8H7FN2O. The second-order valence-corrected chi connectivity index (χ2v) is 1.96. The van der Waals surface area contributed by atoms with E-state index in [-0.39, 0.29) is 0 Å². The topological polar surface area (TPSA) is 35.0 Å². The molecular weight excluding hydrogens is 159 g/mol. The minimum Gasteiger partial charge on any atom is -0.372 e. The minimum atomic E-state index is -0.465. The maximum Gasteiger partial charge on any atom is 0.205 e. The van der Waals surface area contributed by atoms with Crippen molar-refractivity contribution in [2.24, 2.45) is 0 Å². The second-order valence-electron chi connectivity index (χ2n) is 1.96. The molecule has 0 aliphatic heterocycles. The molecule has 0 aliphatic rings. The normalized spacial score (nSPS) is 8.83. The zero-order chi connectivity index (χ0) is 8.81. The van der Waals surface area contributed by atoms with Crippen molar-refractivity contribution in [3.63, 3.8) is 0 Å². The quantitative estimate of drug-likeness (QED) is 0.573. The van der Waals surface area contributed by atoms with Gasteiger partial charge in [-0.1, -0.05) is 5.92 Å². The summed E-state index contributed by atoms with van der Waals surface area (Å²) >= 11 is 0. The van der Waals surface area contributed by atoms with Gasteiger partial charge in [-0.05, 0) is 5.92 Å². The smallest absolute Gasteiger partial charge is 0.205 e. The molecule has 0 aliphatic carbocycles. The highest BCUT2D eigenvalue weighted by Gasteiger charge is 1.90. The van der Waals surface area contributed by atoms with Crippen LogP contribution >= 0.6 is 0 Å². The number of ether oxygens (including phenoxy) is 1. The van der Waals surface area contributed by atoms with Gasteiger partial charge in [0.15, 0.2) is 5.82 Å². The van der Waals surface area contributed by atoms with Crippen molar-refractivity contribution in [1.82, 2.24) is 9.97 Å². The third-order valence-electron chi connectivity index (χ3n) is 1.04. The minimum absolute atomic E-state index is 0.299. The predicted molar refractivity (Wildman–Crippen MR) is 40.7 cm³/mol. The van der Waals surface area contributed by atoms with E-state index in [1.165, 1.54) is 0 Å². The summed E-state index contributed by atoms with van der Waals surface area (Å²) in [5, 5.41) is 0. The number of hydrogen-bond acceptors (Lipinski definition) is 3. The highest BCUT2D eigenvalue weighted by molar-refractivity contribution is 5.19. The van der Waals surface area contributed by atoms with E-state index in [0.29, 0.717) is 12.4 Å². The Balaban J connectivity index is 2.66. The molecule has 3 nitrogen and oxygen atoms in total. The Morgan fingerprint density at radius 3 is 2.75 bits per heavy atom. The lowest BCUT2D eigenvalue weighted by Gasteiger charge is -1.87. The van der Waals surface area contributed by atoms with Gasteiger partial charge in [0, 0.05) is 7.11 Å². The SMILES string of the molecule is COCC#Cc1ncc(F)cn1. The molecule has 0 aromatic carbocycles. The first-order valence-corrected chi connectivity index (χ1v) is 3.28. The second kappa shape index (κ2) is 4.42.